The second kappa shape index (κ2) is 37.1. The fraction of sp³-hybridized carbons (Fsp3) is 0.860. The maximum atomic E-state index is 12.9. The summed E-state index contributed by atoms with van der Waals surface area (Å²) in [7, 11) is -16.9. The summed E-state index contributed by atoms with van der Waals surface area (Å²) in [5.74, 6) is 2.55. The van der Waals surface area contributed by atoms with E-state index < -0.39 is 55.6 Å². The van der Waals surface area contributed by atoms with E-state index >= 15 is 0 Å². The minimum absolute atomic E-state index is 0. The molecule has 22 nitrogen and oxygen atoms in total. The number of nitrogens with one attached hydrogen (secondary N) is 1. The second-order valence-electron chi connectivity index (χ2n) is 20.5. The molecule has 5 aliphatic carbocycles. The predicted molar refractivity (Wildman–Crippen MR) is 282 cm³/mol. The molecule has 5 saturated carbocycles. The summed E-state index contributed by atoms with van der Waals surface area (Å²) in [4.78, 5) is 58.3. The molecule has 6 rings (SSSR count). The summed E-state index contributed by atoms with van der Waals surface area (Å²) in [6.07, 6.45) is 9.24. The van der Waals surface area contributed by atoms with E-state index in [1.807, 2.05) is 6.92 Å². The third kappa shape index (κ3) is 32.4. The number of carbonyl (C=O) groups excluding carboxylic acids is 1. The van der Waals surface area contributed by atoms with E-state index in [-0.39, 0.29) is 78.0 Å². The van der Waals surface area contributed by atoms with Crippen LogP contribution >= 0.6 is 31.3 Å². The first kappa shape index (κ1) is 75.0. The Labute approximate surface area is 454 Å². The molecular weight excluding hydrogens is 1070 g/mol. The van der Waals surface area contributed by atoms with Gasteiger partial charge in [0, 0.05) is 12.0 Å². The van der Waals surface area contributed by atoms with Crippen molar-refractivity contribution in [2.24, 2.45) is 29.1 Å². The number of ether oxygens (including phenoxy) is 2. The zero-order chi connectivity index (χ0) is 55.8. The van der Waals surface area contributed by atoms with Crippen molar-refractivity contribution in [1.29, 1.82) is 0 Å². The van der Waals surface area contributed by atoms with Gasteiger partial charge in [0.05, 0.1) is 89.4 Å². The minimum Gasteiger partial charge on any atom is -0.756 e. The largest absolute Gasteiger partial charge is 0.756 e. The van der Waals surface area contributed by atoms with Crippen molar-refractivity contribution < 1.29 is 98.5 Å². The van der Waals surface area contributed by atoms with E-state index in [9.17, 15) is 47.7 Å². The van der Waals surface area contributed by atoms with Gasteiger partial charge in [0.15, 0.2) is 0 Å². The first-order valence-electron chi connectivity index (χ1n) is 25.9. The van der Waals surface area contributed by atoms with Gasteiger partial charge >= 0.3 is 0 Å². The second-order valence-corrected chi connectivity index (χ2v) is 26.0. The van der Waals surface area contributed by atoms with Crippen LogP contribution in [0.1, 0.15) is 166 Å². The molecule has 0 saturated heterocycles. The minimum atomic E-state index is -4.43. The fourth-order valence-corrected chi connectivity index (χ4v) is 13.1. The lowest BCUT2D eigenvalue weighted by atomic mass is 9.49. The zero-order valence-electron chi connectivity index (χ0n) is 45.2. The Morgan fingerprint density at radius 2 is 1.03 bits per heavy atom. The number of rotatable bonds is 29. The summed E-state index contributed by atoms with van der Waals surface area (Å²) in [6, 6.07) is 6.05. The predicted octanol–water partition coefficient (Wildman–Crippen LogP) is 8.27. The van der Waals surface area contributed by atoms with Gasteiger partial charge in [-0.2, -0.15) is 0 Å². The van der Waals surface area contributed by atoms with Crippen molar-refractivity contribution in [3.05, 3.63) is 35.4 Å². The van der Waals surface area contributed by atoms with E-state index in [0.717, 1.165) is 56.9 Å². The molecule has 1 amide bonds. The number of amides is 1. The Bertz CT molecular complexity index is 1880. The highest BCUT2D eigenvalue weighted by atomic mass is 31.2. The first-order valence-corrected chi connectivity index (χ1v) is 31.7. The van der Waals surface area contributed by atoms with Crippen molar-refractivity contribution in [2.75, 3.05) is 46.2 Å². The van der Waals surface area contributed by atoms with Crippen LogP contribution in [-0.2, 0) is 81.9 Å². The normalized spacial score (nSPS) is 25.1. The van der Waals surface area contributed by atoms with Crippen molar-refractivity contribution in [3.8, 4) is 0 Å². The molecule has 5 unspecified atom stereocenters. The van der Waals surface area contributed by atoms with Gasteiger partial charge in [-0.05, 0) is 161 Å². The van der Waals surface area contributed by atoms with Gasteiger partial charge in [0.1, 0.15) is 0 Å². The summed E-state index contributed by atoms with van der Waals surface area (Å²) >= 11 is 0. The van der Waals surface area contributed by atoms with Gasteiger partial charge in [-0.3, -0.25) is 23.1 Å². The molecule has 450 valence electrons. The fourth-order valence-electron chi connectivity index (χ4n) is 9.28. The van der Waals surface area contributed by atoms with Crippen LogP contribution < -0.4 is 24.9 Å². The molecule has 0 aromatic heterocycles. The molecule has 0 radical (unpaired) electrons. The standard InChI is InChI=1S/C17H30NO6P.C11H17O5P.C10H23O6P.C10H21O4P.2CH4/c1-11(2)24-25(21,22)23-10-15(9-19)18-16(20)17-6-12-3-13(7-17)5-14(4-12)8-17;1-9(2)16-17(13,14)15-8-11-5-3-10(7-12)4-6-11;1-4-5-13-6-7-14-8-9-15-17(11,12)16-10(2)3;1-8(2)13-15(11,12)14-10-6-4-9(3)5-7-10;;/h11-15,19H,3-10H2,1-2H3,(H,18,20)(H,21,22);3-6,9,12H,7-8H2,1-2H3,(H,13,14);10H,4-9H2,1-3H3,(H,11,12);8-10H,4-7H2,1-3H3,(H,11,12);2*1H4/p-4. The van der Waals surface area contributed by atoms with Crippen LogP contribution in [0.5, 0.6) is 0 Å². The Morgan fingerprint density at radius 1 is 0.618 bits per heavy atom. The van der Waals surface area contributed by atoms with E-state index in [4.69, 9.17) is 37.2 Å². The maximum absolute atomic E-state index is 12.9. The van der Waals surface area contributed by atoms with Gasteiger partial charge in [-0.25, -0.2) is 0 Å². The summed E-state index contributed by atoms with van der Waals surface area (Å²) < 4.78 is 93.6. The lowest BCUT2D eigenvalue weighted by Gasteiger charge is -2.55. The quantitative estimate of drug-likeness (QED) is 0.0502. The molecule has 26 heteroatoms. The first-order chi connectivity index (χ1) is 34.5. The zero-order valence-corrected chi connectivity index (χ0v) is 48.7. The van der Waals surface area contributed by atoms with Crippen LogP contribution in [0.2, 0.25) is 0 Å². The average Bonchev–Trinajstić information content (AvgIpc) is 3.27. The molecule has 5 fully saturated rings. The van der Waals surface area contributed by atoms with Crippen molar-refractivity contribution in [2.45, 2.75) is 204 Å². The topological polar surface area (TPSA) is 322 Å². The van der Waals surface area contributed by atoms with E-state index in [2.05, 4.69) is 25.8 Å². The molecule has 3 N–H and O–H groups in total. The molecule has 0 spiro atoms. The number of phosphoric acid groups is 4. The number of benzene rings is 1. The highest BCUT2D eigenvalue weighted by Crippen LogP contribution is 2.60. The molecule has 4 bridgehead atoms. The molecule has 1 aromatic rings. The molecule has 0 heterocycles. The lowest BCUT2D eigenvalue weighted by molar-refractivity contribution is -0.234. The Balaban J connectivity index is 0.00000100. The highest BCUT2D eigenvalue weighted by Gasteiger charge is 2.54. The smallest absolute Gasteiger partial charge is 0.268 e. The Morgan fingerprint density at radius 3 is 1.46 bits per heavy atom. The van der Waals surface area contributed by atoms with Crippen LogP contribution in [0, 0.1) is 29.1 Å². The van der Waals surface area contributed by atoms with Crippen LogP contribution in [0.3, 0.4) is 0 Å². The average molecular weight is 1170 g/mol. The van der Waals surface area contributed by atoms with Crippen LogP contribution in [0.15, 0.2) is 24.3 Å². The molecule has 5 aliphatic rings. The molecule has 0 aliphatic heterocycles. The van der Waals surface area contributed by atoms with Gasteiger partial charge in [-0.15, -0.1) is 0 Å². The van der Waals surface area contributed by atoms with E-state index in [1.54, 1.807) is 79.7 Å². The summed E-state index contributed by atoms with van der Waals surface area (Å²) in [5, 5.41) is 21.2. The number of carbonyl (C=O) groups is 1. The van der Waals surface area contributed by atoms with Crippen molar-refractivity contribution in [1.82, 2.24) is 5.32 Å². The van der Waals surface area contributed by atoms with Crippen LogP contribution in [-0.4, -0.2) is 98.9 Å². The van der Waals surface area contributed by atoms with Gasteiger partial charge < -0.3 is 80.8 Å². The maximum Gasteiger partial charge on any atom is 0.268 e. The third-order valence-corrected chi connectivity index (χ3v) is 16.6. The van der Waals surface area contributed by atoms with Crippen molar-refractivity contribution >= 4 is 37.2 Å². The van der Waals surface area contributed by atoms with Gasteiger partial charge in [0.25, 0.3) is 31.3 Å². The molecule has 76 heavy (non-hydrogen) atoms. The lowest BCUT2D eigenvalue weighted by Crippen LogP contribution is -2.56. The summed E-state index contributed by atoms with van der Waals surface area (Å²) in [6.45, 7) is 18.2. The Kier molecular flexibility index (Phi) is 36.6. The van der Waals surface area contributed by atoms with Gasteiger partial charge in [-0.1, -0.05) is 53.0 Å². The molecular formula is C50H95NO21P4-4. The number of hydrogen-bond donors (Lipinski definition) is 3. The number of phosphoric ester groups is 4. The van der Waals surface area contributed by atoms with Crippen LogP contribution in [0.25, 0.3) is 0 Å². The SMILES string of the molecule is C.C.CC(C)OP(=O)([O-])OCC(CO)NC(=O)C12CC3CC(CC(C3)C1)C2.CC(C)OP(=O)([O-])OCc1ccc(CO)cc1.CC1CCC(OP(=O)([O-])OC(C)C)CC1.CCCOCCOCCOP(=O)([O-])OC(C)C. The highest BCUT2D eigenvalue weighted by molar-refractivity contribution is 7.46. The molecule has 1 aromatic carbocycles. The Hall–Kier alpha value is -1.03. The number of hydrogen-bond acceptors (Lipinski definition) is 21. The monoisotopic (exact) mass is 1170 g/mol. The number of aliphatic hydroxyl groups excluding tert-OH is 2. The van der Waals surface area contributed by atoms with Gasteiger partial charge in [0.2, 0.25) is 5.91 Å². The third-order valence-electron chi connectivity index (χ3n) is 11.9. The molecule has 5 atom stereocenters. The van der Waals surface area contributed by atoms with Crippen LogP contribution in [0.4, 0.5) is 0 Å². The van der Waals surface area contributed by atoms with E-state index in [0.29, 0.717) is 49.1 Å². The summed E-state index contributed by atoms with van der Waals surface area (Å²) in [5.41, 5.74) is 1.13. The number of aliphatic hydroxyl groups is 2. The van der Waals surface area contributed by atoms with Crippen molar-refractivity contribution in [3.63, 3.8) is 0 Å². The van der Waals surface area contributed by atoms with E-state index in [1.165, 1.54) is 19.3 Å².